The van der Waals surface area contributed by atoms with Gasteiger partial charge in [0.1, 0.15) is 5.82 Å². The van der Waals surface area contributed by atoms with Crippen LogP contribution in [0.4, 0.5) is 5.82 Å². The van der Waals surface area contributed by atoms with Crippen LogP contribution in [0.2, 0.25) is 0 Å². The Balaban J connectivity index is 1.57. The SMILES string of the molecule is Cc1ncc(-c2ccc3cnc(NC(=O)[C@H](C)N4CCCC4)cc3c2)o1. The maximum atomic E-state index is 12.5. The number of carbonyl (C=O) groups excluding carboxylic acids is 1. The molecule has 6 heteroatoms. The lowest BCUT2D eigenvalue weighted by Gasteiger charge is -2.22. The third-order valence-corrected chi connectivity index (χ3v) is 4.95. The summed E-state index contributed by atoms with van der Waals surface area (Å²) in [6, 6.07) is 7.76. The second-order valence-electron chi connectivity index (χ2n) is 6.78. The van der Waals surface area contributed by atoms with Gasteiger partial charge in [-0.3, -0.25) is 9.69 Å². The predicted octanol–water partition coefficient (Wildman–Crippen LogP) is 3.62. The Morgan fingerprint density at radius 3 is 2.69 bits per heavy atom. The highest BCUT2D eigenvalue weighted by Gasteiger charge is 2.24. The fraction of sp³-hybridized carbons (Fsp3) is 0.350. The normalized spacial score (nSPS) is 16.1. The van der Waals surface area contributed by atoms with Crippen molar-refractivity contribution in [3.63, 3.8) is 0 Å². The Kier molecular flexibility index (Phi) is 4.42. The quantitative estimate of drug-likeness (QED) is 0.778. The van der Waals surface area contributed by atoms with Crippen LogP contribution in [-0.2, 0) is 4.79 Å². The summed E-state index contributed by atoms with van der Waals surface area (Å²) in [7, 11) is 0. The summed E-state index contributed by atoms with van der Waals surface area (Å²) < 4.78 is 5.60. The van der Waals surface area contributed by atoms with Gasteiger partial charge in [-0.15, -0.1) is 0 Å². The van der Waals surface area contributed by atoms with Gasteiger partial charge in [0.05, 0.1) is 12.2 Å². The van der Waals surface area contributed by atoms with E-state index in [2.05, 4.69) is 20.2 Å². The first-order valence-corrected chi connectivity index (χ1v) is 8.98. The highest BCUT2D eigenvalue weighted by molar-refractivity contribution is 5.96. The van der Waals surface area contributed by atoms with Gasteiger partial charge in [0.15, 0.2) is 11.7 Å². The molecule has 6 nitrogen and oxygen atoms in total. The second-order valence-corrected chi connectivity index (χ2v) is 6.78. The number of oxazole rings is 1. The Morgan fingerprint density at radius 2 is 1.96 bits per heavy atom. The van der Waals surface area contributed by atoms with E-state index in [0.717, 1.165) is 48.0 Å². The van der Waals surface area contributed by atoms with Gasteiger partial charge in [-0.05, 0) is 50.4 Å². The van der Waals surface area contributed by atoms with E-state index < -0.39 is 0 Å². The molecule has 3 heterocycles. The highest BCUT2D eigenvalue weighted by Crippen LogP contribution is 2.26. The molecule has 1 atom stereocenters. The van der Waals surface area contributed by atoms with Crippen LogP contribution in [0.5, 0.6) is 0 Å². The van der Waals surface area contributed by atoms with Gasteiger partial charge in [-0.2, -0.15) is 0 Å². The summed E-state index contributed by atoms with van der Waals surface area (Å²) >= 11 is 0. The Bertz CT molecular complexity index is 944. The number of fused-ring (bicyclic) bond motifs is 1. The van der Waals surface area contributed by atoms with E-state index in [1.165, 1.54) is 0 Å². The van der Waals surface area contributed by atoms with Crippen LogP contribution in [0.3, 0.4) is 0 Å². The molecule has 1 N–H and O–H groups in total. The lowest BCUT2D eigenvalue weighted by Crippen LogP contribution is -2.40. The van der Waals surface area contributed by atoms with E-state index in [4.69, 9.17) is 4.42 Å². The fourth-order valence-corrected chi connectivity index (χ4v) is 3.38. The van der Waals surface area contributed by atoms with Crippen LogP contribution in [-0.4, -0.2) is 39.9 Å². The Hall–Kier alpha value is -2.73. The van der Waals surface area contributed by atoms with Crippen molar-refractivity contribution in [1.29, 1.82) is 0 Å². The number of pyridine rings is 1. The minimum absolute atomic E-state index is 0.0132. The molecule has 134 valence electrons. The van der Waals surface area contributed by atoms with E-state index in [-0.39, 0.29) is 11.9 Å². The van der Waals surface area contributed by atoms with Gasteiger partial charge in [0, 0.05) is 24.1 Å². The third-order valence-electron chi connectivity index (χ3n) is 4.95. The topological polar surface area (TPSA) is 71.3 Å². The lowest BCUT2D eigenvalue weighted by atomic mass is 10.1. The van der Waals surface area contributed by atoms with Crippen LogP contribution in [0.15, 0.2) is 41.1 Å². The molecule has 0 saturated carbocycles. The molecule has 26 heavy (non-hydrogen) atoms. The summed E-state index contributed by atoms with van der Waals surface area (Å²) in [5, 5.41) is 4.95. The largest absolute Gasteiger partial charge is 0.441 e. The number of aromatic nitrogens is 2. The molecule has 1 aromatic carbocycles. The number of hydrogen-bond acceptors (Lipinski definition) is 5. The highest BCUT2D eigenvalue weighted by atomic mass is 16.4. The third kappa shape index (κ3) is 3.32. The van der Waals surface area contributed by atoms with Crippen LogP contribution in [0, 0.1) is 6.92 Å². The molecule has 0 spiro atoms. The van der Waals surface area contributed by atoms with Gasteiger partial charge in [0.2, 0.25) is 5.91 Å². The van der Waals surface area contributed by atoms with Gasteiger partial charge >= 0.3 is 0 Å². The zero-order valence-electron chi connectivity index (χ0n) is 15.0. The summed E-state index contributed by atoms with van der Waals surface area (Å²) in [6.45, 7) is 5.75. The van der Waals surface area contributed by atoms with Gasteiger partial charge in [-0.1, -0.05) is 12.1 Å². The predicted molar refractivity (Wildman–Crippen MR) is 101 cm³/mol. The molecule has 4 rings (SSSR count). The van der Waals surface area contributed by atoms with Crippen molar-refractivity contribution in [2.24, 2.45) is 0 Å². The first-order valence-electron chi connectivity index (χ1n) is 8.98. The van der Waals surface area contributed by atoms with E-state index in [0.29, 0.717) is 11.7 Å². The number of likely N-dealkylation sites (tertiary alicyclic amines) is 1. The van der Waals surface area contributed by atoms with Crippen molar-refractivity contribution >= 4 is 22.5 Å². The maximum absolute atomic E-state index is 12.5. The number of nitrogens with zero attached hydrogens (tertiary/aromatic N) is 3. The van der Waals surface area contributed by atoms with Crippen molar-refractivity contribution in [2.75, 3.05) is 18.4 Å². The molecule has 2 aromatic heterocycles. The minimum atomic E-state index is -0.140. The van der Waals surface area contributed by atoms with E-state index >= 15 is 0 Å². The summed E-state index contributed by atoms with van der Waals surface area (Å²) in [6.07, 6.45) is 5.82. The number of hydrogen-bond donors (Lipinski definition) is 1. The molecule has 1 amide bonds. The molecule has 1 saturated heterocycles. The Morgan fingerprint density at radius 1 is 1.15 bits per heavy atom. The maximum Gasteiger partial charge on any atom is 0.242 e. The molecule has 3 aromatic rings. The number of nitrogens with one attached hydrogen (secondary N) is 1. The molecule has 0 bridgehead atoms. The molecule has 1 aliphatic heterocycles. The average Bonchev–Trinajstić information content (AvgIpc) is 3.32. The van der Waals surface area contributed by atoms with Gasteiger partial charge < -0.3 is 9.73 Å². The monoisotopic (exact) mass is 350 g/mol. The van der Waals surface area contributed by atoms with Crippen LogP contribution in [0.1, 0.15) is 25.7 Å². The zero-order valence-corrected chi connectivity index (χ0v) is 15.0. The minimum Gasteiger partial charge on any atom is -0.441 e. The standard InChI is InChI=1S/C20H22N4O2/c1-13(24-7-3-4-8-24)20(25)23-19-10-17-9-15(5-6-16(17)11-22-19)18-12-21-14(2)26-18/h5-6,9-13H,3-4,7-8H2,1-2H3,(H,22,23,25)/t13-/m0/s1. The number of benzene rings is 1. The van der Waals surface area contributed by atoms with E-state index in [1.54, 1.807) is 12.4 Å². The first kappa shape index (κ1) is 16.7. The molecule has 0 unspecified atom stereocenters. The van der Waals surface area contributed by atoms with Gasteiger partial charge in [-0.25, -0.2) is 9.97 Å². The average molecular weight is 350 g/mol. The first-order chi connectivity index (χ1) is 12.6. The molecule has 0 aliphatic carbocycles. The number of carbonyl (C=O) groups is 1. The van der Waals surface area contributed by atoms with Crippen LogP contribution in [0.25, 0.3) is 22.1 Å². The van der Waals surface area contributed by atoms with Crippen molar-refractivity contribution in [2.45, 2.75) is 32.7 Å². The summed E-state index contributed by atoms with van der Waals surface area (Å²) in [5.41, 5.74) is 0.951. The fourth-order valence-electron chi connectivity index (χ4n) is 3.38. The zero-order chi connectivity index (χ0) is 18.1. The molecular weight excluding hydrogens is 328 g/mol. The summed E-state index contributed by atoms with van der Waals surface area (Å²) in [5.74, 6) is 1.92. The molecule has 1 aliphatic rings. The van der Waals surface area contributed by atoms with Gasteiger partial charge in [0.25, 0.3) is 0 Å². The van der Waals surface area contributed by atoms with Crippen molar-refractivity contribution in [3.05, 3.63) is 42.5 Å². The number of rotatable bonds is 4. The smallest absolute Gasteiger partial charge is 0.242 e. The van der Waals surface area contributed by atoms with Crippen molar-refractivity contribution < 1.29 is 9.21 Å². The molecular formula is C20H22N4O2. The number of aryl methyl sites for hydroxylation is 1. The second kappa shape index (κ2) is 6.88. The van der Waals surface area contributed by atoms with Crippen LogP contribution >= 0.6 is 0 Å². The van der Waals surface area contributed by atoms with Crippen molar-refractivity contribution in [3.8, 4) is 11.3 Å². The van der Waals surface area contributed by atoms with Crippen LogP contribution < -0.4 is 5.32 Å². The van der Waals surface area contributed by atoms with E-state index in [1.807, 2.05) is 38.1 Å². The van der Waals surface area contributed by atoms with Crippen molar-refractivity contribution in [1.82, 2.24) is 14.9 Å². The number of anilines is 1. The number of amides is 1. The Labute approximate surface area is 152 Å². The van der Waals surface area contributed by atoms with E-state index in [9.17, 15) is 4.79 Å². The lowest BCUT2D eigenvalue weighted by molar-refractivity contribution is -0.120. The molecule has 1 fully saturated rings. The molecule has 0 radical (unpaired) electrons. The summed E-state index contributed by atoms with van der Waals surface area (Å²) in [4.78, 5) is 23.2.